The summed E-state index contributed by atoms with van der Waals surface area (Å²) in [6.07, 6.45) is 0. The fraction of sp³-hybridized carbons (Fsp3) is 0.143. The van der Waals surface area contributed by atoms with Crippen LogP contribution in [0.3, 0.4) is 0 Å². The molecule has 0 heterocycles. The third kappa shape index (κ3) is 3.45. The first kappa shape index (κ1) is 11.9. The van der Waals surface area contributed by atoms with Gasteiger partial charge in [-0.2, -0.15) is 8.42 Å². The first-order valence-electron chi connectivity index (χ1n) is 3.65. The molecule has 0 saturated carbocycles. The molecule has 0 amide bonds. The molecule has 0 radical (unpaired) electrons. The largest absolute Gasteiger partial charge is 0.306 e. The van der Waals surface area contributed by atoms with E-state index < -0.39 is 26.6 Å². The van der Waals surface area contributed by atoms with Crippen molar-refractivity contribution in [3.05, 3.63) is 38.9 Å². The Bertz CT molecular complexity index is 502. The summed E-state index contributed by atoms with van der Waals surface area (Å²) in [5, 5.41) is 10.6. The monoisotopic (exact) mass is 253 g/mol. The molecule has 0 atom stereocenters. The molecular weight excluding hydrogens is 249 g/mol. The molecule has 0 spiro atoms. The second kappa shape index (κ2) is 4.11. The molecule has 8 heteroatoms. The Hall–Kier alpha value is -1.21. The van der Waals surface area contributed by atoms with E-state index in [0.717, 1.165) is 12.1 Å². The summed E-state index contributed by atoms with van der Waals surface area (Å²) in [6, 6.07) is 3.31. The quantitative estimate of drug-likeness (QED) is 0.469. The lowest BCUT2D eigenvalue weighted by atomic mass is 10.2. The van der Waals surface area contributed by atoms with Crippen molar-refractivity contribution in [2.75, 3.05) is 0 Å². The highest BCUT2D eigenvalue weighted by atomic mass is 35.5. The number of nitro groups is 1. The maximum Gasteiger partial charge on any atom is 0.306 e. The predicted octanol–water partition coefficient (Wildman–Crippen LogP) is 2.05. The third-order valence-corrected chi connectivity index (χ3v) is 2.46. The van der Waals surface area contributed by atoms with Gasteiger partial charge in [0, 0.05) is 16.7 Å². The van der Waals surface area contributed by atoms with Crippen molar-refractivity contribution < 1.29 is 17.2 Å². The van der Waals surface area contributed by atoms with E-state index in [1.807, 2.05) is 0 Å². The molecule has 0 aliphatic carbocycles. The van der Waals surface area contributed by atoms with E-state index in [0.29, 0.717) is 0 Å². The first-order chi connectivity index (χ1) is 6.79. The molecule has 0 bridgehead atoms. The van der Waals surface area contributed by atoms with Gasteiger partial charge in [0.15, 0.2) is 0 Å². The van der Waals surface area contributed by atoms with Gasteiger partial charge >= 0.3 is 10.2 Å². The zero-order chi connectivity index (χ0) is 11.6. The Kier molecular flexibility index (Phi) is 3.25. The number of hydrogen-bond acceptors (Lipinski definition) is 4. The van der Waals surface area contributed by atoms with Gasteiger partial charge < -0.3 is 0 Å². The van der Waals surface area contributed by atoms with Gasteiger partial charge in [0.25, 0.3) is 5.69 Å². The van der Waals surface area contributed by atoms with Gasteiger partial charge in [-0.15, -0.1) is 3.89 Å². The molecule has 0 N–H and O–H groups in total. The summed E-state index contributed by atoms with van der Waals surface area (Å²) in [5.41, 5.74) is -0.740. The Labute approximate surface area is 89.8 Å². The SMILES string of the molecule is O=[N+]([O-])c1ccc(Cl)cc1CS(=O)(=O)F. The number of benzene rings is 1. The summed E-state index contributed by atoms with van der Waals surface area (Å²) in [6.45, 7) is 0. The summed E-state index contributed by atoms with van der Waals surface area (Å²) in [4.78, 5) is 9.67. The zero-order valence-corrected chi connectivity index (χ0v) is 8.76. The van der Waals surface area contributed by atoms with Crippen LogP contribution in [0.1, 0.15) is 5.56 Å². The molecule has 1 aromatic carbocycles. The maximum absolute atomic E-state index is 12.4. The van der Waals surface area contributed by atoms with Gasteiger partial charge in [0.2, 0.25) is 0 Å². The molecule has 0 aliphatic rings. The first-order valence-corrected chi connectivity index (χ1v) is 5.58. The van der Waals surface area contributed by atoms with Crippen LogP contribution in [0.2, 0.25) is 5.02 Å². The summed E-state index contributed by atoms with van der Waals surface area (Å²) < 4.78 is 33.1. The number of halogens is 2. The number of rotatable bonds is 3. The molecule has 0 saturated heterocycles. The third-order valence-electron chi connectivity index (χ3n) is 1.57. The van der Waals surface area contributed by atoms with E-state index in [1.54, 1.807) is 0 Å². The van der Waals surface area contributed by atoms with Crippen molar-refractivity contribution >= 4 is 27.5 Å². The van der Waals surface area contributed by atoms with Gasteiger partial charge in [-0.1, -0.05) is 11.6 Å². The Morgan fingerprint density at radius 3 is 2.53 bits per heavy atom. The summed E-state index contributed by atoms with van der Waals surface area (Å²) in [7, 11) is -4.81. The Morgan fingerprint density at radius 2 is 2.07 bits per heavy atom. The van der Waals surface area contributed by atoms with Gasteiger partial charge in [0.1, 0.15) is 5.75 Å². The summed E-state index contributed by atoms with van der Waals surface area (Å²) >= 11 is 5.51. The van der Waals surface area contributed by atoms with Gasteiger partial charge in [-0.3, -0.25) is 10.1 Å². The topological polar surface area (TPSA) is 77.3 Å². The zero-order valence-electron chi connectivity index (χ0n) is 7.18. The van der Waals surface area contributed by atoms with Gasteiger partial charge in [-0.25, -0.2) is 0 Å². The average Bonchev–Trinajstić information content (AvgIpc) is 1.99. The van der Waals surface area contributed by atoms with Crippen LogP contribution in [-0.2, 0) is 16.0 Å². The smallest absolute Gasteiger partial charge is 0.258 e. The van der Waals surface area contributed by atoms with Crippen molar-refractivity contribution in [2.45, 2.75) is 5.75 Å². The maximum atomic E-state index is 12.4. The van der Waals surface area contributed by atoms with E-state index in [4.69, 9.17) is 11.6 Å². The van der Waals surface area contributed by atoms with Crippen LogP contribution in [0.25, 0.3) is 0 Å². The standard InChI is InChI=1S/C7H5ClFNO4S/c8-6-1-2-7(10(11)12)5(3-6)4-15(9,13)14/h1-3H,4H2. The normalized spacial score (nSPS) is 11.3. The lowest BCUT2D eigenvalue weighted by Gasteiger charge is -2.00. The van der Waals surface area contributed by atoms with Crippen LogP contribution in [0.5, 0.6) is 0 Å². The minimum atomic E-state index is -4.81. The molecule has 5 nitrogen and oxygen atoms in total. The highest BCUT2D eigenvalue weighted by molar-refractivity contribution is 7.85. The second-order valence-electron chi connectivity index (χ2n) is 2.71. The fourth-order valence-corrected chi connectivity index (χ4v) is 1.83. The molecule has 0 unspecified atom stereocenters. The van der Waals surface area contributed by atoms with Crippen molar-refractivity contribution in [2.24, 2.45) is 0 Å². The number of hydrogen-bond donors (Lipinski definition) is 0. The lowest BCUT2D eigenvalue weighted by molar-refractivity contribution is -0.385. The van der Waals surface area contributed by atoms with E-state index in [2.05, 4.69) is 0 Å². The molecule has 0 fully saturated rings. The molecule has 0 aromatic heterocycles. The minimum absolute atomic E-state index is 0.110. The Morgan fingerprint density at radius 1 is 1.47 bits per heavy atom. The van der Waals surface area contributed by atoms with Gasteiger partial charge in [-0.05, 0) is 12.1 Å². The van der Waals surface area contributed by atoms with Crippen LogP contribution in [0, 0.1) is 10.1 Å². The van der Waals surface area contributed by atoms with Crippen molar-refractivity contribution in [3.8, 4) is 0 Å². The highest BCUT2D eigenvalue weighted by Crippen LogP contribution is 2.24. The molecule has 15 heavy (non-hydrogen) atoms. The van der Waals surface area contributed by atoms with Gasteiger partial charge in [0.05, 0.1) is 4.92 Å². The van der Waals surface area contributed by atoms with E-state index in [1.165, 1.54) is 6.07 Å². The minimum Gasteiger partial charge on any atom is -0.258 e. The predicted molar refractivity (Wildman–Crippen MR) is 51.8 cm³/mol. The molecule has 1 aromatic rings. The van der Waals surface area contributed by atoms with Crippen LogP contribution in [-0.4, -0.2) is 13.3 Å². The van der Waals surface area contributed by atoms with Crippen LogP contribution in [0.4, 0.5) is 9.57 Å². The number of nitrogens with zero attached hydrogens (tertiary/aromatic N) is 1. The van der Waals surface area contributed by atoms with Crippen LogP contribution >= 0.6 is 11.6 Å². The second-order valence-corrected chi connectivity index (χ2v) is 4.52. The van der Waals surface area contributed by atoms with Crippen LogP contribution < -0.4 is 0 Å². The van der Waals surface area contributed by atoms with Crippen LogP contribution in [0.15, 0.2) is 18.2 Å². The summed E-state index contributed by atoms with van der Waals surface area (Å²) in [5.74, 6) is -1.05. The van der Waals surface area contributed by atoms with E-state index >= 15 is 0 Å². The molecule has 0 aliphatic heterocycles. The molecule has 1 rings (SSSR count). The van der Waals surface area contributed by atoms with Crippen molar-refractivity contribution in [1.82, 2.24) is 0 Å². The molecular formula is C7H5ClFNO4S. The average molecular weight is 254 g/mol. The number of nitro benzene ring substituents is 1. The van der Waals surface area contributed by atoms with E-state index in [-0.39, 0.29) is 10.6 Å². The fourth-order valence-electron chi connectivity index (χ4n) is 1.03. The molecule has 82 valence electrons. The lowest BCUT2D eigenvalue weighted by Crippen LogP contribution is -2.01. The Balaban J connectivity index is 3.25. The van der Waals surface area contributed by atoms with Crippen molar-refractivity contribution in [1.29, 1.82) is 0 Å². The van der Waals surface area contributed by atoms with Crippen molar-refractivity contribution in [3.63, 3.8) is 0 Å². The highest BCUT2D eigenvalue weighted by Gasteiger charge is 2.19. The van der Waals surface area contributed by atoms with E-state index in [9.17, 15) is 22.4 Å².